The average molecular weight is 492 g/mol. The van der Waals surface area contributed by atoms with E-state index in [-0.39, 0.29) is 18.0 Å². The molecule has 4 rings (SSSR count). The standard InChI is InChI=1S/C18H14BrN5O3S2/c1-27-7-14-22-23-18(29-14)21-13(25)6-24-9-20-16-15(17(24)26)12(8-28-16)10-2-4-11(19)5-3-10/h2-5,8-9H,6-7H2,1H3,(H,21,23,25). The third-order valence-electron chi connectivity index (χ3n) is 4.01. The second kappa shape index (κ2) is 8.49. The van der Waals surface area contributed by atoms with Crippen LogP contribution in [0.2, 0.25) is 0 Å². The van der Waals surface area contributed by atoms with E-state index in [1.54, 1.807) is 7.11 Å². The van der Waals surface area contributed by atoms with Crippen LogP contribution in [0.25, 0.3) is 21.3 Å². The molecule has 1 N–H and O–H groups in total. The van der Waals surface area contributed by atoms with Crippen molar-refractivity contribution >= 4 is 59.9 Å². The molecule has 0 radical (unpaired) electrons. The van der Waals surface area contributed by atoms with Crippen LogP contribution in [0.15, 0.2) is 45.2 Å². The number of carbonyl (C=O) groups excluding carboxylic acids is 1. The normalized spacial score (nSPS) is 11.1. The first kappa shape index (κ1) is 19.8. The minimum Gasteiger partial charge on any atom is -0.377 e. The third-order valence-corrected chi connectivity index (χ3v) is 6.24. The van der Waals surface area contributed by atoms with E-state index >= 15 is 0 Å². The summed E-state index contributed by atoms with van der Waals surface area (Å²) in [5, 5.41) is 13.9. The summed E-state index contributed by atoms with van der Waals surface area (Å²) in [4.78, 5) is 30.4. The second-order valence-corrected chi connectivity index (χ2v) is 8.83. The quantitative estimate of drug-likeness (QED) is 0.442. The Kier molecular flexibility index (Phi) is 5.81. The monoisotopic (exact) mass is 491 g/mol. The molecule has 11 heteroatoms. The molecule has 1 amide bonds. The van der Waals surface area contributed by atoms with Crippen LogP contribution in [0.1, 0.15) is 5.01 Å². The van der Waals surface area contributed by atoms with E-state index in [0.717, 1.165) is 15.6 Å². The van der Waals surface area contributed by atoms with Crippen molar-refractivity contribution in [2.75, 3.05) is 12.4 Å². The minimum atomic E-state index is -0.381. The molecule has 8 nitrogen and oxygen atoms in total. The van der Waals surface area contributed by atoms with E-state index in [1.807, 2.05) is 29.6 Å². The van der Waals surface area contributed by atoms with Gasteiger partial charge in [-0.25, -0.2) is 4.98 Å². The van der Waals surface area contributed by atoms with Gasteiger partial charge in [-0.1, -0.05) is 39.4 Å². The van der Waals surface area contributed by atoms with E-state index in [4.69, 9.17) is 4.74 Å². The number of hydrogen-bond acceptors (Lipinski definition) is 8. The Bertz CT molecular complexity index is 1230. The SMILES string of the molecule is COCc1nnc(NC(=O)Cn2cnc3scc(-c4ccc(Br)cc4)c3c2=O)s1. The number of ether oxygens (including phenoxy) is 1. The van der Waals surface area contributed by atoms with Crippen molar-refractivity contribution in [1.29, 1.82) is 0 Å². The molecule has 148 valence electrons. The summed E-state index contributed by atoms with van der Waals surface area (Å²) >= 11 is 6.03. The smallest absolute Gasteiger partial charge is 0.263 e. The predicted molar refractivity (Wildman–Crippen MR) is 116 cm³/mol. The fourth-order valence-electron chi connectivity index (χ4n) is 2.72. The van der Waals surface area contributed by atoms with Gasteiger partial charge in [-0.05, 0) is 17.7 Å². The maximum atomic E-state index is 13.0. The summed E-state index contributed by atoms with van der Waals surface area (Å²) < 4.78 is 7.24. The molecule has 0 saturated carbocycles. The van der Waals surface area contributed by atoms with Gasteiger partial charge >= 0.3 is 0 Å². The summed E-state index contributed by atoms with van der Waals surface area (Å²) in [5.41, 5.74) is 1.46. The molecule has 0 bridgehead atoms. The van der Waals surface area contributed by atoms with Crippen LogP contribution in [0.5, 0.6) is 0 Å². The number of hydrogen-bond donors (Lipinski definition) is 1. The fraction of sp³-hybridized carbons (Fsp3) is 0.167. The van der Waals surface area contributed by atoms with Crippen LogP contribution in [-0.2, 0) is 22.7 Å². The highest BCUT2D eigenvalue weighted by Gasteiger charge is 2.15. The van der Waals surface area contributed by atoms with Gasteiger partial charge < -0.3 is 4.74 Å². The number of nitrogens with zero attached hydrogens (tertiary/aromatic N) is 4. The van der Waals surface area contributed by atoms with E-state index in [2.05, 4.69) is 36.4 Å². The molecule has 4 aromatic rings. The minimum absolute atomic E-state index is 0.170. The van der Waals surface area contributed by atoms with E-state index < -0.39 is 0 Å². The number of rotatable bonds is 6. The van der Waals surface area contributed by atoms with Gasteiger partial charge in [-0.2, -0.15) is 0 Å². The van der Waals surface area contributed by atoms with Crippen LogP contribution in [0.4, 0.5) is 5.13 Å². The summed E-state index contributed by atoms with van der Waals surface area (Å²) in [6.07, 6.45) is 1.39. The van der Waals surface area contributed by atoms with Crippen molar-refractivity contribution < 1.29 is 9.53 Å². The lowest BCUT2D eigenvalue weighted by atomic mass is 10.1. The first-order valence-corrected chi connectivity index (χ1v) is 10.9. The maximum absolute atomic E-state index is 13.0. The zero-order valence-corrected chi connectivity index (χ0v) is 18.3. The second-order valence-electron chi connectivity index (χ2n) is 6.00. The molecule has 29 heavy (non-hydrogen) atoms. The number of fused-ring (bicyclic) bond motifs is 1. The summed E-state index contributed by atoms with van der Waals surface area (Å²) in [7, 11) is 1.56. The third kappa shape index (κ3) is 4.27. The summed E-state index contributed by atoms with van der Waals surface area (Å²) in [6.45, 7) is 0.154. The highest BCUT2D eigenvalue weighted by molar-refractivity contribution is 9.10. The van der Waals surface area contributed by atoms with E-state index in [0.29, 0.717) is 27.0 Å². The van der Waals surface area contributed by atoms with E-state index in [1.165, 1.54) is 33.6 Å². The zero-order valence-electron chi connectivity index (χ0n) is 15.1. The first-order valence-electron chi connectivity index (χ1n) is 8.39. The molecule has 1 aromatic carbocycles. The van der Waals surface area contributed by atoms with Gasteiger partial charge in [0.1, 0.15) is 23.0 Å². The highest BCUT2D eigenvalue weighted by atomic mass is 79.9. The zero-order chi connectivity index (χ0) is 20.4. The number of aromatic nitrogens is 4. The molecule has 0 aliphatic heterocycles. The fourth-order valence-corrected chi connectivity index (χ4v) is 4.62. The van der Waals surface area contributed by atoms with Gasteiger partial charge in [-0.15, -0.1) is 21.5 Å². The van der Waals surface area contributed by atoms with Crippen LogP contribution >= 0.6 is 38.6 Å². The molecule has 0 unspecified atom stereocenters. The molecule has 0 atom stereocenters. The molecule has 3 heterocycles. The molecular weight excluding hydrogens is 478 g/mol. The highest BCUT2D eigenvalue weighted by Crippen LogP contribution is 2.31. The molecule has 3 aromatic heterocycles. The van der Waals surface area contributed by atoms with Crippen LogP contribution in [0, 0.1) is 0 Å². The van der Waals surface area contributed by atoms with Crippen molar-refractivity contribution in [3.63, 3.8) is 0 Å². The van der Waals surface area contributed by atoms with Gasteiger partial charge in [0.25, 0.3) is 5.56 Å². The van der Waals surface area contributed by atoms with Crippen molar-refractivity contribution in [2.45, 2.75) is 13.2 Å². The number of methoxy groups -OCH3 is 1. The van der Waals surface area contributed by atoms with Crippen molar-refractivity contribution in [3.05, 3.63) is 55.8 Å². The number of thiophene rings is 1. The molecule has 0 aliphatic rings. The molecule has 0 fully saturated rings. The molecule has 0 spiro atoms. The Balaban J connectivity index is 1.60. The number of anilines is 1. The number of nitrogens with one attached hydrogen (secondary N) is 1. The van der Waals surface area contributed by atoms with Crippen LogP contribution < -0.4 is 10.9 Å². The maximum Gasteiger partial charge on any atom is 0.263 e. The van der Waals surface area contributed by atoms with Gasteiger partial charge in [0.15, 0.2) is 0 Å². The lowest BCUT2D eigenvalue weighted by molar-refractivity contribution is -0.116. The van der Waals surface area contributed by atoms with Gasteiger partial charge in [0.05, 0.1) is 11.7 Å². The van der Waals surface area contributed by atoms with Crippen LogP contribution in [-0.4, -0.2) is 32.8 Å². The Morgan fingerprint density at radius 1 is 1.28 bits per heavy atom. The summed E-state index contributed by atoms with van der Waals surface area (Å²) in [6, 6.07) is 7.70. The Morgan fingerprint density at radius 3 is 2.83 bits per heavy atom. The predicted octanol–water partition coefficient (Wildman–Crippen LogP) is 3.52. The number of amides is 1. The lowest BCUT2D eigenvalue weighted by Gasteiger charge is -2.06. The Hall–Kier alpha value is -2.47. The first-order chi connectivity index (χ1) is 14.0. The van der Waals surface area contributed by atoms with Crippen molar-refractivity contribution in [2.24, 2.45) is 0 Å². The number of halogens is 1. The largest absolute Gasteiger partial charge is 0.377 e. The molecule has 0 saturated heterocycles. The molecular formula is C18H14BrN5O3S2. The number of benzene rings is 1. The van der Waals surface area contributed by atoms with E-state index in [9.17, 15) is 9.59 Å². The Labute approximate surface area is 181 Å². The van der Waals surface area contributed by atoms with Gasteiger partial charge in [-0.3, -0.25) is 19.5 Å². The van der Waals surface area contributed by atoms with Gasteiger partial charge in [0, 0.05) is 22.5 Å². The average Bonchev–Trinajstić information content (AvgIpc) is 3.32. The number of carbonyl (C=O) groups is 1. The van der Waals surface area contributed by atoms with Crippen LogP contribution in [0.3, 0.4) is 0 Å². The van der Waals surface area contributed by atoms with Crippen molar-refractivity contribution in [1.82, 2.24) is 19.7 Å². The topological polar surface area (TPSA) is 99.0 Å². The Morgan fingerprint density at radius 2 is 2.07 bits per heavy atom. The lowest BCUT2D eigenvalue weighted by Crippen LogP contribution is -2.27. The van der Waals surface area contributed by atoms with Gasteiger partial charge in [0.2, 0.25) is 11.0 Å². The van der Waals surface area contributed by atoms with Crippen molar-refractivity contribution in [3.8, 4) is 11.1 Å². The molecule has 0 aliphatic carbocycles. The summed E-state index contributed by atoms with van der Waals surface area (Å²) in [5.74, 6) is -0.381.